The van der Waals surface area contributed by atoms with Gasteiger partial charge in [0.25, 0.3) is 0 Å². The van der Waals surface area contributed by atoms with Crippen molar-refractivity contribution in [2.24, 2.45) is 0 Å². The van der Waals surface area contributed by atoms with E-state index in [1.54, 1.807) is 11.3 Å². The first-order valence-electron chi connectivity index (χ1n) is 5.10. The minimum absolute atomic E-state index is 0.792. The average molecular weight is 301 g/mol. The Morgan fingerprint density at radius 3 is 3.00 bits per heavy atom. The molecule has 0 aliphatic carbocycles. The van der Waals surface area contributed by atoms with Gasteiger partial charge in [-0.2, -0.15) is 0 Å². The van der Waals surface area contributed by atoms with Gasteiger partial charge in [0.2, 0.25) is 0 Å². The van der Waals surface area contributed by atoms with E-state index in [0.717, 1.165) is 34.9 Å². The van der Waals surface area contributed by atoms with Gasteiger partial charge in [-0.3, -0.25) is 0 Å². The van der Waals surface area contributed by atoms with Gasteiger partial charge in [-0.15, -0.1) is 11.3 Å². The molecule has 1 N–H and O–H groups in total. The maximum absolute atomic E-state index is 5.41. The smallest absolute Gasteiger partial charge is 0.169 e. The van der Waals surface area contributed by atoms with Crippen molar-refractivity contribution in [3.05, 3.63) is 38.6 Å². The lowest BCUT2D eigenvalue weighted by Gasteiger charge is -2.00. The van der Waals surface area contributed by atoms with E-state index in [2.05, 4.69) is 26.2 Å². The zero-order valence-corrected chi connectivity index (χ0v) is 11.4. The van der Waals surface area contributed by atoms with Gasteiger partial charge < -0.3 is 9.73 Å². The monoisotopic (exact) mass is 300 g/mol. The summed E-state index contributed by atoms with van der Waals surface area (Å²) in [4.78, 5) is 5.49. The predicted molar refractivity (Wildman–Crippen MR) is 68.7 cm³/mol. The number of thiazole rings is 1. The van der Waals surface area contributed by atoms with Gasteiger partial charge >= 0.3 is 0 Å². The Morgan fingerprint density at radius 1 is 1.50 bits per heavy atom. The summed E-state index contributed by atoms with van der Waals surface area (Å²) in [6.07, 6.45) is 2.83. The Balaban J connectivity index is 1.69. The number of rotatable bonds is 5. The number of hydrogen-bond acceptors (Lipinski definition) is 4. The summed E-state index contributed by atoms with van der Waals surface area (Å²) in [6.45, 7) is 3.82. The van der Waals surface area contributed by atoms with Gasteiger partial charge in [0.15, 0.2) is 4.67 Å². The molecule has 0 atom stereocenters. The standard InChI is InChI=1S/C11H13BrN2OS/c1-8-14-7-10(16-8)6-13-5-4-9-2-3-11(12)15-9/h2-3,7,13H,4-6H2,1H3. The second-order valence-corrected chi connectivity index (χ2v) is 5.58. The Bertz CT molecular complexity index is 410. The van der Waals surface area contributed by atoms with E-state index in [-0.39, 0.29) is 0 Å². The van der Waals surface area contributed by atoms with Crippen LogP contribution in [0.25, 0.3) is 0 Å². The topological polar surface area (TPSA) is 38.1 Å². The SMILES string of the molecule is Cc1ncc(CNCCc2ccc(Br)o2)s1. The number of aromatic nitrogens is 1. The van der Waals surface area contributed by atoms with E-state index >= 15 is 0 Å². The maximum atomic E-state index is 5.41. The number of nitrogens with one attached hydrogen (secondary N) is 1. The highest BCUT2D eigenvalue weighted by atomic mass is 79.9. The summed E-state index contributed by atoms with van der Waals surface area (Å²) in [5, 5.41) is 4.49. The van der Waals surface area contributed by atoms with Crippen LogP contribution >= 0.6 is 27.3 Å². The van der Waals surface area contributed by atoms with Gasteiger partial charge in [-0.1, -0.05) is 0 Å². The third kappa shape index (κ3) is 3.43. The lowest BCUT2D eigenvalue weighted by Crippen LogP contribution is -2.15. The fourth-order valence-corrected chi connectivity index (χ4v) is 2.50. The molecule has 0 aliphatic rings. The first-order valence-corrected chi connectivity index (χ1v) is 6.71. The first kappa shape index (κ1) is 11.8. The second-order valence-electron chi connectivity index (χ2n) is 3.48. The molecule has 0 radical (unpaired) electrons. The number of furan rings is 1. The van der Waals surface area contributed by atoms with Crippen molar-refractivity contribution in [3.63, 3.8) is 0 Å². The molecular formula is C11H13BrN2OS. The average Bonchev–Trinajstić information content (AvgIpc) is 2.83. The van der Waals surface area contributed by atoms with Crippen molar-refractivity contribution >= 4 is 27.3 Å². The van der Waals surface area contributed by atoms with Gasteiger partial charge in [0.05, 0.1) is 5.01 Å². The van der Waals surface area contributed by atoms with Crippen LogP contribution in [0.1, 0.15) is 15.6 Å². The number of halogens is 1. The number of hydrogen-bond donors (Lipinski definition) is 1. The lowest BCUT2D eigenvalue weighted by molar-refractivity contribution is 0.479. The second kappa shape index (κ2) is 5.61. The summed E-state index contributed by atoms with van der Waals surface area (Å²) < 4.78 is 6.20. The van der Waals surface area contributed by atoms with Crippen molar-refractivity contribution in [1.29, 1.82) is 0 Å². The Hall–Kier alpha value is -0.650. The van der Waals surface area contributed by atoms with Crippen molar-refractivity contribution in [2.75, 3.05) is 6.54 Å². The largest absolute Gasteiger partial charge is 0.454 e. The highest BCUT2D eigenvalue weighted by Gasteiger charge is 2.00. The van der Waals surface area contributed by atoms with Gasteiger partial charge in [0.1, 0.15) is 5.76 Å². The molecule has 2 aromatic rings. The fourth-order valence-electron chi connectivity index (χ4n) is 1.40. The first-order chi connectivity index (χ1) is 7.74. The number of aryl methyl sites for hydroxylation is 1. The molecule has 2 aromatic heterocycles. The van der Waals surface area contributed by atoms with Crippen molar-refractivity contribution in [2.45, 2.75) is 19.9 Å². The van der Waals surface area contributed by atoms with Crippen LogP contribution in [0.4, 0.5) is 0 Å². The van der Waals surface area contributed by atoms with Crippen LogP contribution in [-0.2, 0) is 13.0 Å². The van der Waals surface area contributed by atoms with Crippen molar-refractivity contribution in [1.82, 2.24) is 10.3 Å². The molecule has 0 aliphatic heterocycles. The molecule has 2 rings (SSSR count). The van der Waals surface area contributed by atoms with E-state index in [4.69, 9.17) is 4.42 Å². The zero-order valence-electron chi connectivity index (χ0n) is 9.00. The van der Waals surface area contributed by atoms with E-state index in [9.17, 15) is 0 Å². The van der Waals surface area contributed by atoms with Crippen LogP contribution in [0.15, 0.2) is 27.4 Å². The fraction of sp³-hybridized carbons (Fsp3) is 0.364. The van der Waals surface area contributed by atoms with Crippen molar-refractivity contribution in [3.8, 4) is 0 Å². The molecule has 0 aromatic carbocycles. The van der Waals surface area contributed by atoms with E-state index in [0.29, 0.717) is 0 Å². The van der Waals surface area contributed by atoms with Crippen LogP contribution in [0, 0.1) is 6.92 Å². The predicted octanol–water partition coefficient (Wildman–Crippen LogP) is 3.14. The summed E-state index contributed by atoms with van der Waals surface area (Å²) in [5.74, 6) is 1.000. The minimum atomic E-state index is 0.792. The molecule has 86 valence electrons. The van der Waals surface area contributed by atoms with E-state index < -0.39 is 0 Å². The molecule has 0 saturated carbocycles. The molecule has 3 nitrogen and oxygen atoms in total. The van der Waals surface area contributed by atoms with Crippen LogP contribution in [0.3, 0.4) is 0 Å². The molecule has 0 amide bonds. The third-order valence-corrected chi connectivity index (χ3v) is 3.48. The highest BCUT2D eigenvalue weighted by Crippen LogP contribution is 2.14. The van der Waals surface area contributed by atoms with Crippen LogP contribution in [0.5, 0.6) is 0 Å². The molecule has 0 fully saturated rings. The molecule has 2 heterocycles. The van der Waals surface area contributed by atoms with Crippen LogP contribution in [0.2, 0.25) is 0 Å². The molecule has 16 heavy (non-hydrogen) atoms. The van der Waals surface area contributed by atoms with Crippen LogP contribution < -0.4 is 5.32 Å². The van der Waals surface area contributed by atoms with E-state index in [1.165, 1.54) is 4.88 Å². The highest BCUT2D eigenvalue weighted by molar-refractivity contribution is 9.10. The molecule has 0 bridgehead atoms. The number of nitrogens with zero attached hydrogens (tertiary/aromatic N) is 1. The molecule has 0 spiro atoms. The Kier molecular flexibility index (Phi) is 4.15. The quantitative estimate of drug-likeness (QED) is 0.862. The van der Waals surface area contributed by atoms with Crippen LogP contribution in [-0.4, -0.2) is 11.5 Å². The Labute approximate surface area is 107 Å². The molecule has 0 unspecified atom stereocenters. The summed E-state index contributed by atoms with van der Waals surface area (Å²) in [7, 11) is 0. The molecule has 5 heteroatoms. The molecular weight excluding hydrogens is 288 g/mol. The maximum Gasteiger partial charge on any atom is 0.169 e. The van der Waals surface area contributed by atoms with E-state index in [1.807, 2.05) is 25.3 Å². The summed E-state index contributed by atoms with van der Waals surface area (Å²) in [5.41, 5.74) is 0. The molecule has 0 saturated heterocycles. The van der Waals surface area contributed by atoms with Crippen molar-refractivity contribution < 1.29 is 4.42 Å². The van der Waals surface area contributed by atoms with Gasteiger partial charge in [0, 0.05) is 30.6 Å². The van der Waals surface area contributed by atoms with Gasteiger partial charge in [-0.25, -0.2) is 4.98 Å². The lowest BCUT2D eigenvalue weighted by atomic mass is 10.3. The normalized spacial score (nSPS) is 10.9. The Morgan fingerprint density at radius 2 is 2.38 bits per heavy atom. The third-order valence-electron chi connectivity index (χ3n) is 2.15. The minimum Gasteiger partial charge on any atom is -0.454 e. The summed E-state index contributed by atoms with van der Waals surface area (Å²) in [6, 6.07) is 3.91. The summed E-state index contributed by atoms with van der Waals surface area (Å²) >= 11 is 5.02. The van der Waals surface area contributed by atoms with Gasteiger partial charge in [-0.05, 0) is 35.0 Å². The zero-order chi connectivity index (χ0) is 11.4.